The van der Waals surface area contributed by atoms with E-state index in [1.165, 1.54) is 19.2 Å². The Kier molecular flexibility index (Phi) is 3.68. The maximum atomic E-state index is 12.5. The lowest BCUT2D eigenvalue weighted by atomic mass is 10.2. The molecule has 0 saturated heterocycles. The fourth-order valence-corrected chi connectivity index (χ4v) is 3.23. The van der Waals surface area contributed by atoms with Gasteiger partial charge in [0.1, 0.15) is 5.75 Å². The van der Waals surface area contributed by atoms with Crippen LogP contribution in [0.2, 0.25) is 0 Å². The number of sulfonamides is 1. The van der Waals surface area contributed by atoms with Crippen LogP contribution in [0.5, 0.6) is 5.75 Å². The van der Waals surface area contributed by atoms with E-state index in [4.69, 9.17) is 4.74 Å². The molecule has 3 rings (SSSR count). The first kappa shape index (κ1) is 14.3. The highest BCUT2D eigenvalue weighted by Crippen LogP contribution is 2.25. The van der Waals surface area contributed by atoms with Gasteiger partial charge in [0.15, 0.2) is 0 Å². The monoisotopic (exact) mass is 314 g/mol. The smallest absolute Gasteiger partial charge is 0.261 e. The van der Waals surface area contributed by atoms with E-state index < -0.39 is 10.0 Å². The van der Waals surface area contributed by atoms with Crippen LogP contribution in [0.4, 0.5) is 5.69 Å². The predicted molar refractivity (Wildman–Crippen MR) is 85.5 cm³/mol. The Labute approximate surface area is 128 Å². The molecule has 0 radical (unpaired) electrons. The molecule has 0 unspecified atom stereocenters. The van der Waals surface area contributed by atoms with Crippen LogP contribution >= 0.6 is 0 Å². The van der Waals surface area contributed by atoms with Gasteiger partial charge in [-0.25, -0.2) is 8.42 Å². The fourth-order valence-electron chi connectivity index (χ4n) is 2.15. The molecule has 5 nitrogen and oxygen atoms in total. The molecule has 3 aromatic rings. The molecule has 0 saturated carbocycles. The molecule has 0 atom stereocenters. The van der Waals surface area contributed by atoms with Crippen LogP contribution in [0.15, 0.2) is 65.7 Å². The van der Waals surface area contributed by atoms with E-state index in [1.807, 2.05) is 12.1 Å². The Morgan fingerprint density at radius 2 is 1.77 bits per heavy atom. The quantitative estimate of drug-likeness (QED) is 0.803. The predicted octanol–water partition coefficient (Wildman–Crippen LogP) is 3.04. The molecule has 0 aliphatic carbocycles. The van der Waals surface area contributed by atoms with E-state index in [2.05, 4.69) is 9.71 Å². The Bertz CT molecular complexity index is 901. The maximum absolute atomic E-state index is 12.5. The molecule has 0 bridgehead atoms. The highest BCUT2D eigenvalue weighted by molar-refractivity contribution is 7.92. The van der Waals surface area contributed by atoms with Gasteiger partial charge in [-0.3, -0.25) is 9.71 Å². The summed E-state index contributed by atoms with van der Waals surface area (Å²) in [6.07, 6.45) is 1.67. The molecule has 0 aliphatic rings. The molecular weight excluding hydrogens is 300 g/mol. The lowest BCUT2D eigenvalue weighted by Crippen LogP contribution is -2.13. The van der Waals surface area contributed by atoms with Crippen LogP contribution < -0.4 is 9.46 Å². The summed E-state index contributed by atoms with van der Waals surface area (Å²) < 4.78 is 32.6. The van der Waals surface area contributed by atoms with E-state index in [9.17, 15) is 8.42 Å². The summed E-state index contributed by atoms with van der Waals surface area (Å²) in [5.41, 5.74) is 1.24. The van der Waals surface area contributed by atoms with Gasteiger partial charge in [0.25, 0.3) is 10.0 Å². The van der Waals surface area contributed by atoms with Crippen molar-refractivity contribution in [3.63, 3.8) is 0 Å². The summed E-state index contributed by atoms with van der Waals surface area (Å²) in [4.78, 5) is 4.39. The Hall–Kier alpha value is -2.60. The highest BCUT2D eigenvalue weighted by Gasteiger charge is 2.15. The minimum absolute atomic E-state index is 0.175. The number of hydrogen-bond donors (Lipinski definition) is 1. The van der Waals surface area contributed by atoms with Crippen molar-refractivity contribution in [2.75, 3.05) is 11.8 Å². The highest BCUT2D eigenvalue weighted by atomic mass is 32.2. The van der Waals surface area contributed by atoms with Crippen molar-refractivity contribution in [2.24, 2.45) is 0 Å². The first-order valence-corrected chi connectivity index (χ1v) is 8.09. The van der Waals surface area contributed by atoms with Gasteiger partial charge in [-0.05, 0) is 48.5 Å². The zero-order valence-electron chi connectivity index (χ0n) is 11.9. The Morgan fingerprint density at radius 3 is 2.50 bits per heavy atom. The van der Waals surface area contributed by atoms with E-state index >= 15 is 0 Å². The number of methoxy groups -OCH3 is 1. The van der Waals surface area contributed by atoms with Crippen molar-refractivity contribution in [2.45, 2.75) is 4.90 Å². The van der Waals surface area contributed by atoms with E-state index in [0.29, 0.717) is 11.4 Å². The van der Waals surface area contributed by atoms with Gasteiger partial charge in [0.05, 0.1) is 23.2 Å². The Morgan fingerprint density at radius 1 is 1.00 bits per heavy atom. The van der Waals surface area contributed by atoms with Gasteiger partial charge in [0.2, 0.25) is 0 Å². The zero-order chi connectivity index (χ0) is 15.6. The fraction of sp³-hybridized carbons (Fsp3) is 0.0625. The number of nitrogens with one attached hydrogen (secondary N) is 1. The lowest BCUT2D eigenvalue weighted by molar-refractivity contribution is 0.414. The second kappa shape index (κ2) is 5.65. The summed E-state index contributed by atoms with van der Waals surface area (Å²) in [7, 11) is -2.13. The molecule has 1 heterocycles. The molecule has 22 heavy (non-hydrogen) atoms. The molecular formula is C16H14N2O3S. The van der Waals surface area contributed by atoms with Crippen LogP contribution in [-0.2, 0) is 10.0 Å². The average molecular weight is 314 g/mol. The van der Waals surface area contributed by atoms with Crippen molar-refractivity contribution in [3.05, 3.63) is 60.8 Å². The number of anilines is 1. The molecule has 2 aromatic carbocycles. The largest absolute Gasteiger partial charge is 0.497 e. The molecule has 6 heteroatoms. The normalized spacial score (nSPS) is 11.3. The number of rotatable bonds is 4. The molecule has 0 fully saturated rings. The van der Waals surface area contributed by atoms with Crippen molar-refractivity contribution in [1.29, 1.82) is 0 Å². The lowest BCUT2D eigenvalue weighted by Gasteiger charge is -2.10. The number of nitrogens with zero attached hydrogens (tertiary/aromatic N) is 1. The number of ether oxygens (including phenoxy) is 1. The Balaban J connectivity index is 1.99. The molecule has 0 spiro atoms. The van der Waals surface area contributed by atoms with Crippen molar-refractivity contribution in [1.82, 2.24) is 4.98 Å². The molecule has 112 valence electrons. The maximum Gasteiger partial charge on any atom is 0.261 e. The van der Waals surface area contributed by atoms with Gasteiger partial charge in [0, 0.05) is 11.6 Å². The van der Waals surface area contributed by atoms with Crippen molar-refractivity contribution in [3.8, 4) is 5.75 Å². The van der Waals surface area contributed by atoms with Gasteiger partial charge in [-0.2, -0.15) is 0 Å². The second-order valence-electron chi connectivity index (χ2n) is 4.66. The first-order valence-electron chi connectivity index (χ1n) is 6.61. The number of benzene rings is 2. The van der Waals surface area contributed by atoms with E-state index in [1.54, 1.807) is 36.5 Å². The summed E-state index contributed by atoms with van der Waals surface area (Å²) in [6.45, 7) is 0. The van der Waals surface area contributed by atoms with Gasteiger partial charge in [-0.15, -0.1) is 0 Å². The molecule has 0 aliphatic heterocycles. The average Bonchev–Trinajstić information content (AvgIpc) is 2.55. The van der Waals surface area contributed by atoms with Crippen LogP contribution in [0, 0.1) is 0 Å². The summed E-state index contributed by atoms with van der Waals surface area (Å²) >= 11 is 0. The van der Waals surface area contributed by atoms with Gasteiger partial charge >= 0.3 is 0 Å². The first-order chi connectivity index (χ1) is 10.6. The van der Waals surface area contributed by atoms with Crippen LogP contribution in [0.25, 0.3) is 10.9 Å². The topological polar surface area (TPSA) is 68.3 Å². The molecule has 1 N–H and O–H groups in total. The number of fused-ring (bicyclic) bond motifs is 1. The minimum Gasteiger partial charge on any atom is -0.497 e. The van der Waals surface area contributed by atoms with Crippen LogP contribution in [0.1, 0.15) is 0 Å². The van der Waals surface area contributed by atoms with Gasteiger partial charge < -0.3 is 4.74 Å². The third-order valence-electron chi connectivity index (χ3n) is 3.26. The van der Waals surface area contributed by atoms with Crippen LogP contribution in [-0.4, -0.2) is 20.5 Å². The number of hydrogen-bond acceptors (Lipinski definition) is 4. The van der Waals surface area contributed by atoms with Crippen molar-refractivity contribution < 1.29 is 13.2 Å². The number of aromatic nitrogens is 1. The van der Waals surface area contributed by atoms with Crippen molar-refractivity contribution >= 4 is 26.6 Å². The second-order valence-corrected chi connectivity index (χ2v) is 6.34. The van der Waals surface area contributed by atoms with Gasteiger partial charge in [-0.1, -0.05) is 6.07 Å². The standard InChI is InChI=1S/C16H14N2O3S/c1-21-12-7-9-13(10-8-12)22(19,20)18-16-6-2-5-15-14(16)4-3-11-17-15/h2-11,18H,1H3. The van der Waals surface area contributed by atoms with E-state index in [-0.39, 0.29) is 4.90 Å². The third kappa shape index (κ3) is 2.73. The SMILES string of the molecule is COc1ccc(S(=O)(=O)Nc2cccc3ncccc23)cc1. The summed E-state index contributed by atoms with van der Waals surface area (Å²) in [5, 5.41) is 0.752. The van der Waals surface area contributed by atoms with E-state index in [0.717, 1.165) is 10.9 Å². The third-order valence-corrected chi connectivity index (χ3v) is 4.64. The van der Waals surface area contributed by atoms with Crippen LogP contribution in [0.3, 0.4) is 0 Å². The molecule has 0 amide bonds. The zero-order valence-corrected chi connectivity index (χ0v) is 12.7. The minimum atomic E-state index is -3.66. The molecule has 1 aromatic heterocycles. The summed E-state index contributed by atoms with van der Waals surface area (Å²) in [6, 6.07) is 15.1. The summed E-state index contributed by atoms with van der Waals surface area (Å²) in [5.74, 6) is 0.605. The number of pyridine rings is 1.